The van der Waals surface area contributed by atoms with Crippen molar-refractivity contribution in [1.29, 1.82) is 0 Å². The highest BCUT2D eigenvalue weighted by Gasteiger charge is 2.68. The molecule has 0 fully saturated rings. The van der Waals surface area contributed by atoms with Gasteiger partial charge in [0.15, 0.2) is 11.7 Å². The third-order valence-electron chi connectivity index (χ3n) is 1.76. The molecule has 0 spiro atoms. The molecule has 1 radical (unpaired) electrons. The minimum absolute atomic E-state index is 0.739. The molecule has 89 valence electrons. The molecule has 0 saturated heterocycles. The molecule has 0 aliphatic heterocycles. The number of rotatable bonds is 2. The van der Waals surface area contributed by atoms with Gasteiger partial charge in [-0.25, -0.2) is 17.6 Å². The Bertz CT molecular complexity index is 379. The van der Waals surface area contributed by atoms with Crippen LogP contribution in [0, 0.1) is 0 Å². The standard InChI is InChI=1S/C6HBF7O2/c8-1-2(9)4(11)6(14,16-7-15)5(12,13)3(1)10/h15H. The molecule has 1 N–H and O–H groups in total. The van der Waals surface area contributed by atoms with Gasteiger partial charge in [0.2, 0.25) is 11.7 Å². The Labute approximate surface area is 84.3 Å². The van der Waals surface area contributed by atoms with Gasteiger partial charge in [-0.3, -0.25) is 0 Å². The maximum atomic E-state index is 13.1. The molecule has 0 bridgehead atoms. The quantitative estimate of drug-likeness (QED) is 0.600. The lowest BCUT2D eigenvalue weighted by Crippen LogP contribution is -2.51. The van der Waals surface area contributed by atoms with Crippen LogP contribution in [0.4, 0.5) is 30.7 Å². The Morgan fingerprint density at radius 2 is 1.38 bits per heavy atom. The molecule has 10 heteroatoms. The van der Waals surface area contributed by atoms with Gasteiger partial charge < -0.3 is 9.68 Å². The topological polar surface area (TPSA) is 29.5 Å². The van der Waals surface area contributed by atoms with Crippen LogP contribution >= 0.6 is 0 Å². The molecule has 1 atom stereocenters. The summed E-state index contributed by atoms with van der Waals surface area (Å²) in [5, 5.41) is 7.91. The second kappa shape index (κ2) is 3.77. The summed E-state index contributed by atoms with van der Waals surface area (Å²) in [5.74, 6) is -22.3. The van der Waals surface area contributed by atoms with Crippen molar-refractivity contribution in [2.24, 2.45) is 0 Å². The molecular formula is C6HBF7O2. The van der Waals surface area contributed by atoms with Crippen molar-refractivity contribution in [3.8, 4) is 0 Å². The van der Waals surface area contributed by atoms with E-state index in [1.54, 1.807) is 0 Å². The molecule has 0 aromatic carbocycles. The van der Waals surface area contributed by atoms with Crippen LogP contribution in [0.5, 0.6) is 0 Å². The third kappa shape index (κ3) is 1.44. The first kappa shape index (κ1) is 13.0. The predicted octanol–water partition coefficient (Wildman–Crippen LogP) is 2.15. The average Bonchev–Trinajstić information content (AvgIpc) is 2.23. The highest BCUT2D eigenvalue weighted by atomic mass is 19.3. The first-order valence-electron chi connectivity index (χ1n) is 3.52. The van der Waals surface area contributed by atoms with Crippen LogP contribution in [0.1, 0.15) is 0 Å². The fourth-order valence-electron chi connectivity index (χ4n) is 0.949. The van der Waals surface area contributed by atoms with Gasteiger partial charge in [0.1, 0.15) is 0 Å². The molecule has 0 aromatic rings. The lowest BCUT2D eigenvalue weighted by molar-refractivity contribution is -0.219. The van der Waals surface area contributed by atoms with Crippen molar-refractivity contribution in [3.05, 3.63) is 23.3 Å². The van der Waals surface area contributed by atoms with Crippen LogP contribution in [0.15, 0.2) is 23.3 Å². The van der Waals surface area contributed by atoms with Crippen molar-refractivity contribution in [1.82, 2.24) is 0 Å². The SMILES string of the molecule is O[B]OC1(F)C(F)=C(F)C(F)=C(F)C1(F)F. The highest BCUT2D eigenvalue weighted by molar-refractivity contribution is 6.16. The van der Waals surface area contributed by atoms with Crippen molar-refractivity contribution in [2.75, 3.05) is 0 Å². The van der Waals surface area contributed by atoms with Crippen molar-refractivity contribution < 1.29 is 40.4 Å². The van der Waals surface area contributed by atoms with Gasteiger partial charge in [0.25, 0.3) is 0 Å². The Hall–Kier alpha value is -1.03. The summed E-state index contributed by atoms with van der Waals surface area (Å²) in [7, 11) is -0.739. The highest BCUT2D eigenvalue weighted by Crippen LogP contribution is 2.52. The molecule has 0 amide bonds. The van der Waals surface area contributed by atoms with E-state index in [9.17, 15) is 30.7 Å². The number of hydrogen-bond acceptors (Lipinski definition) is 2. The summed E-state index contributed by atoms with van der Waals surface area (Å²) < 4.78 is 91.8. The van der Waals surface area contributed by atoms with Gasteiger partial charge in [0.05, 0.1) is 0 Å². The zero-order valence-corrected chi connectivity index (χ0v) is 7.08. The average molecular weight is 249 g/mol. The normalized spacial score (nSPS) is 29.8. The third-order valence-corrected chi connectivity index (χ3v) is 1.76. The Balaban J connectivity index is 3.43. The van der Waals surface area contributed by atoms with Gasteiger partial charge in [-0.05, 0) is 0 Å². The number of halogens is 7. The summed E-state index contributed by atoms with van der Waals surface area (Å²) in [4.78, 5) is 0. The minimum Gasteiger partial charge on any atom is -0.429 e. The van der Waals surface area contributed by atoms with E-state index >= 15 is 0 Å². The lowest BCUT2D eigenvalue weighted by atomic mass is 9.99. The summed E-state index contributed by atoms with van der Waals surface area (Å²) in [6.45, 7) is 0. The smallest absolute Gasteiger partial charge is 0.429 e. The Morgan fingerprint density at radius 3 is 1.81 bits per heavy atom. The van der Waals surface area contributed by atoms with E-state index in [1.807, 2.05) is 0 Å². The molecule has 0 aromatic heterocycles. The second-order valence-corrected chi connectivity index (χ2v) is 2.65. The van der Waals surface area contributed by atoms with E-state index in [-0.39, 0.29) is 0 Å². The molecule has 16 heavy (non-hydrogen) atoms. The van der Waals surface area contributed by atoms with Gasteiger partial charge in [-0.2, -0.15) is 13.2 Å². The summed E-state index contributed by atoms with van der Waals surface area (Å²) in [5.41, 5.74) is 0. The fourth-order valence-corrected chi connectivity index (χ4v) is 0.949. The van der Waals surface area contributed by atoms with Gasteiger partial charge in [0, 0.05) is 0 Å². The molecule has 0 heterocycles. The van der Waals surface area contributed by atoms with Crippen LogP contribution in [-0.4, -0.2) is 24.5 Å². The van der Waals surface area contributed by atoms with E-state index in [2.05, 4.69) is 4.65 Å². The predicted molar refractivity (Wildman–Crippen MR) is 36.3 cm³/mol. The molecule has 2 nitrogen and oxygen atoms in total. The first-order chi connectivity index (χ1) is 7.20. The molecule has 0 saturated carbocycles. The van der Waals surface area contributed by atoms with Crippen LogP contribution in [0.3, 0.4) is 0 Å². The van der Waals surface area contributed by atoms with Crippen LogP contribution in [-0.2, 0) is 4.65 Å². The van der Waals surface area contributed by atoms with E-state index in [1.165, 1.54) is 0 Å². The van der Waals surface area contributed by atoms with Crippen molar-refractivity contribution in [2.45, 2.75) is 11.8 Å². The lowest BCUT2D eigenvalue weighted by Gasteiger charge is -2.32. The molecule has 1 aliphatic rings. The maximum Gasteiger partial charge on any atom is 0.487 e. The summed E-state index contributed by atoms with van der Waals surface area (Å²) >= 11 is 0. The second-order valence-electron chi connectivity index (χ2n) is 2.65. The van der Waals surface area contributed by atoms with Crippen LogP contribution in [0.25, 0.3) is 0 Å². The van der Waals surface area contributed by atoms with Gasteiger partial charge >= 0.3 is 19.5 Å². The van der Waals surface area contributed by atoms with E-state index in [0.29, 0.717) is 0 Å². The summed E-state index contributed by atoms with van der Waals surface area (Å²) in [6, 6.07) is 0. The Morgan fingerprint density at radius 1 is 0.938 bits per heavy atom. The molecule has 1 rings (SSSR count). The Kier molecular flexibility index (Phi) is 3.07. The maximum absolute atomic E-state index is 13.1. The zero-order valence-electron chi connectivity index (χ0n) is 7.08. The summed E-state index contributed by atoms with van der Waals surface area (Å²) in [6.07, 6.45) is 0. The first-order valence-corrected chi connectivity index (χ1v) is 3.52. The fraction of sp³-hybridized carbons (Fsp3) is 0.333. The van der Waals surface area contributed by atoms with E-state index in [0.717, 1.165) is 0 Å². The molecular weight excluding hydrogens is 248 g/mol. The molecule has 1 unspecified atom stereocenters. The van der Waals surface area contributed by atoms with E-state index < -0.39 is 42.8 Å². The van der Waals surface area contributed by atoms with Gasteiger partial charge in [-0.15, -0.1) is 0 Å². The zero-order chi connectivity index (χ0) is 12.7. The van der Waals surface area contributed by atoms with Crippen LogP contribution in [0.2, 0.25) is 0 Å². The van der Waals surface area contributed by atoms with Crippen LogP contribution < -0.4 is 0 Å². The minimum atomic E-state index is -5.45. The van der Waals surface area contributed by atoms with E-state index in [4.69, 9.17) is 5.02 Å². The van der Waals surface area contributed by atoms with Crippen molar-refractivity contribution in [3.63, 3.8) is 0 Å². The number of allylic oxidation sites excluding steroid dienone is 2. The molecule has 1 aliphatic carbocycles. The monoisotopic (exact) mass is 249 g/mol. The van der Waals surface area contributed by atoms with Gasteiger partial charge in [-0.1, -0.05) is 0 Å². The largest absolute Gasteiger partial charge is 0.487 e. The van der Waals surface area contributed by atoms with Crippen molar-refractivity contribution >= 4 is 7.69 Å². The number of hydrogen-bond donors (Lipinski definition) is 1. The number of alkyl halides is 3.